The summed E-state index contributed by atoms with van der Waals surface area (Å²) < 4.78 is 0. The number of rotatable bonds is 1. The van der Waals surface area contributed by atoms with Gasteiger partial charge in [0.1, 0.15) is 0 Å². The summed E-state index contributed by atoms with van der Waals surface area (Å²) in [6, 6.07) is 16.4. The summed E-state index contributed by atoms with van der Waals surface area (Å²) in [5.74, 6) is 0.217. The number of benzene rings is 2. The number of fused-ring (bicyclic) bond motifs is 1. The highest BCUT2D eigenvalue weighted by Crippen LogP contribution is 2.29. The first-order valence-corrected chi connectivity index (χ1v) is 7.04. The number of carbonyl (C=O) groups excluding carboxylic acids is 1. The Labute approximate surface area is 115 Å². The van der Waals surface area contributed by atoms with E-state index in [4.69, 9.17) is 0 Å². The van der Waals surface area contributed by atoms with Crippen molar-refractivity contribution in [1.82, 2.24) is 0 Å². The standard InChI is InChI=1S/C16H13BrO/c17-15-9-8-12-6-7-13(10-14(12)16(15)18)11-4-2-1-3-5-11/h1-7,10,15H,8-9H2/t15-/m0/s1. The fourth-order valence-electron chi connectivity index (χ4n) is 2.42. The van der Waals surface area contributed by atoms with Crippen LogP contribution in [-0.2, 0) is 6.42 Å². The van der Waals surface area contributed by atoms with Gasteiger partial charge in [0, 0.05) is 5.56 Å². The third-order valence-electron chi connectivity index (χ3n) is 3.43. The lowest BCUT2D eigenvalue weighted by Crippen LogP contribution is -2.22. The van der Waals surface area contributed by atoms with Crippen molar-refractivity contribution in [1.29, 1.82) is 0 Å². The lowest BCUT2D eigenvalue weighted by Gasteiger charge is -2.19. The van der Waals surface area contributed by atoms with Crippen molar-refractivity contribution in [3.8, 4) is 11.1 Å². The molecular formula is C16H13BrO. The van der Waals surface area contributed by atoms with Crippen LogP contribution in [0, 0.1) is 0 Å². The molecule has 1 aliphatic carbocycles. The van der Waals surface area contributed by atoms with E-state index in [1.807, 2.05) is 24.3 Å². The van der Waals surface area contributed by atoms with E-state index in [0.29, 0.717) is 0 Å². The lowest BCUT2D eigenvalue weighted by molar-refractivity contribution is 0.0981. The molecule has 0 spiro atoms. The molecule has 0 saturated carbocycles. The van der Waals surface area contributed by atoms with Crippen LogP contribution in [0.2, 0.25) is 0 Å². The fourth-order valence-corrected chi connectivity index (χ4v) is 2.89. The van der Waals surface area contributed by atoms with Gasteiger partial charge < -0.3 is 0 Å². The van der Waals surface area contributed by atoms with E-state index in [-0.39, 0.29) is 10.6 Å². The predicted octanol–water partition coefficient (Wildman–Crippen LogP) is 4.25. The quantitative estimate of drug-likeness (QED) is 0.720. The summed E-state index contributed by atoms with van der Waals surface area (Å²) in [6.45, 7) is 0. The largest absolute Gasteiger partial charge is 0.293 e. The maximum absolute atomic E-state index is 12.2. The monoisotopic (exact) mass is 300 g/mol. The molecule has 0 aliphatic heterocycles. The van der Waals surface area contributed by atoms with E-state index in [1.165, 1.54) is 5.56 Å². The van der Waals surface area contributed by atoms with Crippen LogP contribution in [0.5, 0.6) is 0 Å². The number of halogens is 1. The molecule has 0 bridgehead atoms. The van der Waals surface area contributed by atoms with Crippen LogP contribution in [0.15, 0.2) is 48.5 Å². The molecule has 1 nitrogen and oxygen atoms in total. The zero-order valence-electron chi connectivity index (χ0n) is 9.90. The van der Waals surface area contributed by atoms with Crippen LogP contribution in [-0.4, -0.2) is 10.6 Å². The molecule has 0 N–H and O–H groups in total. The smallest absolute Gasteiger partial charge is 0.176 e. The van der Waals surface area contributed by atoms with Gasteiger partial charge in [0.2, 0.25) is 0 Å². The SMILES string of the molecule is O=C1c2cc(-c3ccccc3)ccc2CC[C@@H]1Br. The van der Waals surface area contributed by atoms with Gasteiger partial charge in [-0.1, -0.05) is 58.4 Å². The number of aryl methyl sites for hydroxylation is 1. The molecule has 2 heteroatoms. The van der Waals surface area contributed by atoms with E-state index in [2.05, 4.69) is 40.2 Å². The van der Waals surface area contributed by atoms with Gasteiger partial charge in [-0.25, -0.2) is 0 Å². The van der Waals surface area contributed by atoms with Gasteiger partial charge >= 0.3 is 0 Å². The second-order valence-corrected chi connectivity index (χ2v) is 5.71. The molecule has 90 valence electrons. The Hall–Kier alpha value is -1.41. The van der Waals surface area contributed by atoms with E-state index >= 15 is 0 Å². The Balaban J connectivity index is 2.08. The number of Topliss-reactive ketones (excluding diaryl/α,β-unsaturated/α-hetero) is 1. The molecule has 0 heterocycles. The number of ketones is 1. The molecule has 2 aromatic rings. The van der Waals surface area contributed by atoms with Crippen LogP contribution in [0.3, 0.4) is 0 Å². The molecular weight excluding hydrogens is 288 g/mol. The maximum Gasteiger partial charge on any atom is 0.176 e. The normalized spacial score (nSPS) is 18.5. The zero-order chi connectivity index (χ0) is 12.5. The molecule has 0 fully saturated rings. The average molecular weight is 301 g/mol. The predicted molar refractivity (Wildman–Crippen MR) is 77.2 cm³/mol. The minimum Gasteiger partial charge on any atom is -0.293 e. The van der Waals surface area contributed by atoms with Crippen molar-refractivity contribution in [3.63, 3.8) is 0 Å². The van der Waals surface area contributed by atoms with Crippen LogP contribution in [0.1, 0.15) is 22.3 Å². The van der Waals surface area contributed by atoms with E-state index < -0.39 is 0 Å². The Morgan fingerprint density at radius 1 is 1.00 bits per heavy atom. The minimum absolute atomic E-state index is 0.0176. The van der Waals surface area contributed by atoms with Crippen molar-refractivity contribution < 1.29 is 4.79 Å². The van der Waals surface area contributed by atoms with E-state index in [1.54, 1.807) is 0 Å². The van der Waals surface area contributed by atoms with Crippen molar-refractivity contribution in [2.45, 2.75) is 17.7 Å². The number of hydrogen-bond donors (Lipinski definition) is 0. The molecule has 1 aliphatic rings. The van der Waals surface area contributed by atoms with E-state index in [0.717, 1.165) is 29.5 Å². The van der Waals surface area contributed by atoms with Gasteiger partial charge in [-0.3, -0.25) is 4.79 Å². The summed E-state index contributed by atoms with van der Waals surface area (Å²) in [7, 11) is 0. The van der Waals surface area contributed by atoms with Gasteiger partial charge in [-0.15, -0.1) is 0 Å². The molecule has 2 aromatic carbocycles. The second kappa shape index (κ2) is 4.69. The third-order valence-corrected chi connectivity index (χ3v) is 4.31. The second-order valence-electron chi connectivity index (χ2n) is 4.61. The summed E-state index contributed by atoms with van der Waals surface area (Å²) in [6.07, 6.45) is 1.88. The first kappa shape index (κ1) is 11.7. The van der Waals surface area contributed by atoms with Crippen LogP contribution < -0.4 is 0 Å². The zero-order valence-corrected chi connectivity index (χ0v) is 11.5. The maximum atomic E-state index is 12.2. The first-order chi connectivity index (χ1) is 8.75. The minimum atomic E-state index is -0.0176. The number of hydrogen-bond acceptors (Lipinski definition) is 1. The number of alkyl halides is 1. The van der Waals surface area contributed by atoms with Crippen molar-refractivity contribution in [2.24, 2.45) is 0 Å². The molecule has 0 aromatic heterocycles. The van der Waals surface area contributed by atoms with Gasteiger partial charge in [0.15, 0.2) is 5.78 Å². The molecule has 1 atom stereocenters. The lowest BCUT2D eigenvalue weighted by atomic mass is 9.88. The summed E-state index contributed by atoms with van der Waals surface area (Å²) in [5, 5.41) is 0. The van der Waals surface area contributed by atoms with Gasteiger partial charge in [0.05, 0.1) is 4.83 Å². The highest BCUT2D eigenvalue weighted by molar-refractivity contribution is 9.10. The molecule has 18 heavy (non-hydrogen) atoms. The summed E-state index contributed by atoms with van der Waals surface area (Å²) in [4.78, 5) is 12.1. The van der Waals surface area contributed by atoms with E-state index in [9.17, 15) is 4.79 Å². The Bertz CT molecular complexity index is 589. The Morgan fingerprint density at radius 2 is 1.78 bits per heavy atom. The average Bonchev–Trinajstić information content (AvgIpc) is 2.44. The van der Waals surface area contributed by atoms with Crippen molar-refractivity contribution in [3.05, 3.63) is 59.7 Å². The summed E-state index contributed by atoms with van der Waals surface area (Å²) >= 11 is 3.45. The van der Waals surface area contributed by atoms with Gasteiger partial charge in [-0.2, -0.15) is 0 Å². The van der Waals surface area contributed by atoms with Crippen LogP contribution in [0.4, 0.5) is 0 Å². The van der Waals surface area contributed by atoms with Gasteiger partial charge in [-0.05, 0) is 35.6 Å². The molecule has 0 saturated heterocycles. The Morgan fingerprint density at radius 3 is 2.56 bits per heavy atom. The molecule has 0 amide bonds. The topological polar surface area (TPSA) is 17.1 Å². The van der Waals surface area contributed by atoms with Crippen LogP contribution in [0.25, 0.3) is 11.1 Å². The summed E-state index contributed by atoms with van der Waals surface area (Å²) in [5.41, 5.74) is 4.33. The highest BCUT2D eigenvalue weighted by atomic mass is 79.9. The molecule has 0 unspecified atom stereocenters. The fraction of sp³-hybridized carbons (Fsp3) is 0.188. The third kappa shape index (κ3) is 2.01. The highest BCUT2D eigenvalue weighted by Gasteiger charge is 2.25. The molecule has 3 rings (SSSR count). The van der Waals surface area contributed by atoms with Crippen molar-refractivity contribution in [2.75, 3.05) is 0 Å². The molecule has 0 radical (unpaired) electrons. The number of carbonyl (C=O) groups is 1. The Kier molecular flexibility index (Phi) is 3.04. The first-order valence-electron chi connectivity index (χ1n) is 6.12. The van der Waals surface area contributed by atoms with Crippen molar-refractivity contribution >= 4 is 21.7 Å². The van der Waals surface area contributed by atoms with Crippen LogP contribution >= 0.6 is 15.9 Å². The van der Waals surface area contributed by atoms with Gasteiger partial charge in [0.25, 0.3) is 0 Å².